The molecule has 0 atom stereocenters. The fourth-order valence-corrected chi connectivity index (χ4v) is 3.49. The highest BCUT2D eigenvalue weighted by atomic mass is 32.2. The van der Waals surface area contributed by atoms with E-state index in [0.29, 0.717) is 27.1 Å². The Bertz CT molecular complexity index is 823. The monoisotopic (exact) mass is 312 g/mol. The van der Waals surface area contributed by atoms with E-state index in [4.69, 9.17) is 5.11 Å². The maximum absolute atomic E-state index is 12.8. The van der Waals surface area contributed by atoms with E-state index in [9.17, 15) is 14.4 Å². The number of fused-ring (bicyclic) bond motifs is 2. The number of hydrogen-bond acceptors (Lipinski definition) is 4. The van der Waals surface area contributed by atoms with Gasteiger partial charge in [0.15, 0.2) is 11.6 Å². The molecule has 0 saturated carbocycles. The van der Waals surface area contributed by atoms with Crippen LogP contribution < -0.4 is 0 Å². The van der Waals surface area contributed by atoms with Crippen molar-refractivity contribution in [1.82, 2.24) is 0 Å². The Kier molecular flexibility index (Phi) is 3.58. The zero-order valence-corrected chi connectivity index (χ0v) is 12.6. The van der Waals surface area contributed by atoms with E-state index in [1.807, 2.05) is 6.92 Å². The number of hydrogen-bond donors (Lipinski definition) is 1. The lowest BCUT2D eigenvalue weighted by Crippen LogP contribution is -2.22. The number of benzene rings is 2. The summed E-state index contributed by atoms with van der Waals surface area (Å²) in [6, 6.07) is 10.1. The molecule has 3 rings (SSSR count). The zero-order valence-electron chi connectivity index (χ0n) is 11.8. The lowest BCUT2D eigenvalue weighted by Gasteiger charge is -2.21. The van der Waals surface area contributed by atoms with Crippen LogP contribution in [0.4, 0.5) is 0 Å². The third-order valence-electron chi connectivity index (χ3n) is 3.58. The summed E-state index contributed by atoms with van der Waals surface area (Å²) in [5, 5.41) is 8.87. The van der Waals surface area contributed by atoms with E-state index >= 15 is 0 Å². The van der Waals surface area contributed by atoms with Gasteiger partial charge in [0.2, 0.25) is 0 Å². The SMILES string of the molecule is Cc1ccc2c(c1SCC(=O)O)C(=O)c1ccccc1C2=O. The van der Waals surface area contributed by atoms with Crippen LogP contribution in [0.15, 0.2) is 41.3 Å². The molecule has 0 radical (unpaired) electrons. The Morgan fingerprint density at radius 3 is 2.27 bits per heavy atom. The van der Waals surface area contributed by atoms with Crippen LogP contribution in [0.5, 0.6) is 0 Å². The Balaban J connectivity index is 2.20. The quantitative estimate of drug-likeness (QED) is 0.753. The van der Waals surface area contributed by atoms with Crippen molar-refractivity contribution in [3.05, 3.63) is 64.2 Å². The molecule has 0 fully saturated rings. The summed E-state index contributed by atoms with van der Waals surface area (Å²) in [7, 11) is 0. The largest absolute Gasteiger partial charge is 0.481 e. The first-order chi connectivity index (χ1) is 10.5. The van der Waals surface area contributed by atoms with Crippen LogP contribution in [-0.4, -0.2) is 28.4 Å². The van der Waals surface area contributed by atoms with E-state index in [2.05, 4.69) is 0 Å². The Morgan fingerprint density at radius 2 is 1.64 bits per heavy atom. The van der Waals surface area contributed by atoms with Crippen molar-refractivity contribution in [2.24, 2.45) is 0 Å². The number of ketones is 2. The van der Waals surface area contributed by atoms with Crippen LogP contribution in [0.25, 0.3) is 0 Å². The average Bonchev–Trinajstić information content (AvgIpc) is 2.51. The minimum Gasteiger partial charge on any atom is -0.481 e. The molecule has 0 spiro atoms. The van der Waals surface area contributed by atoms with E-state index in [1.54, 1.807) is 36.4 Å². The van der Waals surface area contributed by atoms with Crippen molar-refractivity contribution in [3.8, 4) is 0 Å². The smallest absolute Gasteiger partial charge is 0.313 e. The first-order valence-electron chi connectivity index (χ1n) is 6.67. The fourth-order valence-electron chi connectivity index (χ4n) is 2.58. The van der Waals surface area contributed by atoms with Crippen molar-refractivity contribution in [1.29, 1.82) is 0 Å². The van der Waals surface area contributed by atoms with Gasteiger partial charge in [-0.2, -0.15) is 0 Å². The Morgan fingerprint density at radius 1 is 1.00 bits per heavy atom. The highest BCUT2D eigenvalue weighted by molar-refractivity contribution is 8.00. The molecule has 0 aromatic heterocycles. The van der Waals surface area contributed by atoms with Crippen LogP contribution in [0.2, 0.25) is 0 Å². The van der Waals surface area contributed by atoms with Crippen molar-refractivity contribution in [2.75, 3.05) is 5.75 Å². The molecule has 4 nitrogen and oxygen atoms in total. The predicted molar refractivity (Wildman–Crippen MR) is 82.8 cm³/mol. The number of carboxylic acid groups (broad SMARTS) is 1. The normalized spacial score (nSPS) is 12.8. The number of rotatable bonds is 3. The minimum absolute atomic E-state index is 0.152. The molecule has 1 N–H and O–H groups in total. The number of aliphatic carboxylic acids is 1. The van der Waals surface area contributed by atoms with Crippen LogP contribution in [0, 0.1) is 6.92 Å². The second-order valence-electron chi connectivity index (χ2n) is 5.02. The maximum Gasteiger partial charge on any atom is 0.313 e. The second-order valence-corrected chi connectivity index (χ2v) is 6.01. The van der Waals surface area contributed by atoms with Gasteiger partial charge in [-0.05, 0) is 18.6 Å². The molecule has 0 saturated heterocycles. The number of carboxylic acids is 1. The fraction of sp³-hybridized carbons (Fsp3) is 0.118. The lowest BCUT2D eigenvalue weighted by atomic mass is 9.83. The minimum atomic E-state index is -0.961. The summed E-state index contributed by atoms with van der Waals surface area (Å²) in [5.74, 6) is -1.53. The lowest BCUT2D eigenvalue weighted by molar-refractivity contribution is -0.133. The van der Waals surface area contributed by atoms with E-state index in [0.717, 1.165) is 17.3 Å². The van der Waals surface area contributed by atoms with Gasteiger partial charge in [-0.3, -0.25) is 14.4 Å². The van der Waals surface area contributed by atoms with Crippen molar-refractivity contribution in [3.63, 3.8) is 0 Å². The van der Waals surface area contributed by atoms with Crippen LogP contribution in [-0.2, 0) is 4.79 Å². The molecule has 1 aliphatic carbocycles. The topological polar surface area (TPSA) is 71.4 Å². The predicted octanol–water partition coefficient (Wildman–Crippen LogP) is 2.95. The summed E-state index contributed by atoms with van der Waals surface area (Å²) < 4.78 is 0. The molecular weight excluding hydrogens is 300 g/mol. The maximum atomic E-state index is 12.8. The molecule has 0 bridgehead atoms. The second kappa shape index (κ2) is 5.42. The van der Waals surface area contributed by atoms with Gasteiger partial charge in [0, 0.05) is 27.1 Å². The number of aryl methyl sites for hydroxylation is 1. The van der Waals surface area contributed by atoms with Gasteiger partial charge in [0.25, 0.3) is 0 Å². The van der Waals surface area contributed by atoms with Gasteiger partial charge in [-0.15, -0.1) is 11.8 Å². The van der Waals surface area contributed by atoms with Crippen molar-refractivity contribution in [2.45, 2.75) is 11.8 Å². The third kappa shape index (κ3) is 2.23. The number of carbonyl (C=O) groups excluding carboxylic acids is 2. The molecular formula is C17H12O4S. The molecule has 2 aromatic rings. The van der Waals surface area contributed by atoms with E-state index in [-0.39, 0.29) is 17.3 Å². The number of carbonyl (C=O) groups is 3. The zero-order chi connectivity index (χ0) is 15.9. The highest BCUT2D eigenvalue weighted by Crippen LogP contribution is 2.36. The Hall–Kier alpha value is -2.40. The molecule has 0 heterocycles. The molecule has 0 aliphatic heterocycles. The molecule has 110 valence electrons. The summed E-state index contributed by atoms with van der Waals surface area (Å²) in [6.45, 7) is 1.81. The molecule has 0 unspecified atom stereocenters. The molecule has 2 aromatic carbocycles. The van der Waals surface area contributed by atoms with Gasteiger partial charge in [0.05, 0.1) is 5.75 Å². The highest BCUT2D eigenvalue weighted by Gasteiger charge is 2.32. The van der Waals surface area contributed by atoms with Crippen LogP contribution in [0.1, 0.15) is 37.4 Å². The van der Waals surface area contributed by atoms with Gasteiger partial charge in [0.1, 0.15) is 0 Å². The summed E-state index contributed by atoms with van der Waals surface area (Å²) in [6.07, 6.45) is 0. The van der Waals surface area contributed by atoms with E-state index < -0.39 is 5.97 Å². The molecule has 5 heteroatoms. The summed E-state index contributed by atoms with van der Waals surface area (Å²) in [4.78, 5) is 36.7. The number of thioether (sulfide) groups is 1. The average molecular weight is 312 g/mol. The van der Waals surface area contributed by atoms with Gasteiger partial charge in [-0.25, -0.2) is 0 Å². The first-order valence-corrected chi connectivity index (χ1v) is 7.66. The summed E-state index contributed by atoms with van der Waals surface area (Å²) in [5.41, 5.74) is 2.25. The first kappa shape index (κ1) is 14.5. The standard InChI is InChI=1S/C17H12O4S/c1-9-6-7-12-14(17(9)22-8-13(18)19)16(21)11-5-3-2-4-10(11)15(12)20/h2-7H,8H2,1H3,(H,18,19). The van der Waals surface area contributed by atoms with Crippen molar-refractivity contribution < 1.29 is 19.5 Å². The summed E-state index contributed by atoms with van der Waals surface area (Å²) >= 11 is 1.08. The van der Waals surface area contributed by atoms with Crippen molar-refractivity contribution >= 4 is 29.3 Å². The third-order valence-corrected chi connectivity index (χ3v) is 4.79. The molecule has 1 aliphatic rings. The van der Waals surface area contributed by atoms with Crippen LogP contribution >= 0.6 is 11.8 Å². The molecule has 22 heavy (non-hydrogen) atoms. The molecule has 0 amide bonds. The van der Waals surface area contributed by atoms with Gasteiger partial charge >= 0.3 is 5.97 Å². The van der Waals surface area contributed by atoms with E-state index in [1.165, 1.54) is 0 Å². The van der Waals surface area contributed by atoms with Crippen LogP contribution in [0.3, 0.4) is 0 Å². The Labute approximate surface area is 131 Å². The van der Waals surface area contributed by atoms with Gasteiger partial charge in [-0.1, -0.05) is 30.3 Å². The van der Waals surface area contributed by atoms with Gasteiger partial charge < -0.3 is 5.11 Å².